The summed E-state index contributed by atoms with van der Waals surface area (Å²) < 4.78 is 29.1. The van der Waals surface area contributed by atoms with Crippen molar-refractivity contribution in [2.45, 2.75) is 6.54 Å². The van der Waals surface area contributed by atoms with Crippen molar-refractivity contribution in [3.8, 4) is 0 Å². The number of halogens is 3. The summed E-state index contributed by atoms with van der Waals surface area (Å²) in [6, 6.07) is 10.2. The average Bonchev–Trinajstić information content (AvgIpc) is 2.64. The molecule has 0 saturated carbocycles. The van der Waals surface area contributed by atoms with Crippen LogP contribution in [0.3, 0.4) is 0 Å². The largest absolute Gasteiger partial charge is 0.375 e. The molecule has 0 spiro atoms. The molecule has 1 fully saturated rings. The van der Waals surface area contributed by atoms with E-state index < -0.39 is 11.6 Å². The van der Waals surface area contributed by atoms with Gasteiger partial charge in [-0.2, -0.15) is 5.10 Å². The van der Waals surface area contributed by atoms with Gasteiger partial charge < -0.3 is 10.6 Å². The normalized spacial score (nSPS) is 15.2. The third kappa shape index (κ3) is 5.15. The third-order valence-corrected chi connectivity index (χ3v) is 4.93. The second kappa shape index (κ2) is 9.27. The van der Waals surface area contributed by atoms with E-state index in [1.807, 2.05) is 24.3 Å². The summed E-state index contributed by atoms with van der Waals surface area (Å²) in [5.41, 5.74) is 8.90. The van der Waals surface area contributed by atoms with Crippen molar-refractivity contribution in [3.05, 3.63) is 64.2 Å². The van der Waals surface area contributed by atoms with E-state index in [9.17, 15) is 8.78 Å². The van der Waals surface area contributed by atoms with Gasteiger partial charge >= 0.3 is 0 Å². The predicted molar refractivity (Wildman–Crippen MR) is 113 cm³/mol. The Balaban J connectivity index is 1.64. The molecule has 0 aliphatic carbocycles. The van der Waals surface area contributed by atoms with Gasteiger partial charge in [0.05, 0.1) is 6.21 Å². The van der Waals surface area contributed by atoms with Gasteiger partial charge in [0, 0.05) is 43.3 Å². The number of hydrazone groups is 1. The third-order valence-electron chi connectivity index (χ3n) is 4.47. The van der Waals surface area contributed by atoms with E-state index in [1.165, 1.54) is 18.3 Å². The molecule has 2 aromatic carbocycles. The highest BCUT2D eigenvalue weighted by molar-refractivity contribution is 7.80. The smallest absolute Gasteiger partial charge is 0.184 e. The fourth-order valence-electron chi connectivity index (χ4n) is 3.13. The van der Waals surface area contributed by atoms with Gasteiger partial charge in [0.15, 0.2) is 5.11 Å². The van der Waals surface area contributed by atoms with Crippen LogP contribution in [0.25, 0.3) is 0 Å². The van der Waals surface area contributed by atoms with Crippen molar-refractivity contribution in [3.63, 3.8) is 0 Å². The van der Waals surface area contributed by atoms with Crippen LogP contribution in [0.5, 0.6) is 0 Å². The maximum atomic E-state index is 14.5. The number of benzene rings is 2. The fraction of sp³-hybridized carbons (Fsp3) is 0.263. The summed E-state index contributed by atoms with van der Waals surface area (Å²) in [6.07, 6.45) is 1.26. The SMILES string of the molecule is NC(=S)NN=Cc1cc(F)c(N2CCN(Cc3ccccc3Cl)CC2)c(F)c1. The molecule has 1 saturated heterocycles. The van der Waals surface area contributed by atoms with Gasteiger partial charge in [-0.3, -0.25) is 10.3 Å². The zero-order valence-corrected chi connectivity index (χ0v) is 16.6. The first-order chi connectivity index (χ1) is 13.4. The van der Waals surface area contributed by atoms with Crippen LogP contribution < -0.4 is 16.1 Å². The van der Waals surface area contributed by atoms with Gasteiger partial charge in [-0.05, 0) is 36.0 Å². The van der Waals surface area contributed by atoms with E-state index in [4.69, 9.17) is 17.3 Å². The van der Waals surface area contributed by atoms with E-state index in [2.05, 4.69) is 27.6 Å². The summed E-state index contributed by atoms with van der Waals surface area (Å²) in [5, 5.41) is 4.42. The van der Waals surface area contributed by atoms with Gasteiger partial charge in [0.25, 0.3) is 0 Å². The number of rotatable bonds is 5. The van der Waals surface area contributed by atoms with E-state index >= 15 is 0 Å². The molecule has 0 unspecified atom stereocenters. The molecule has 0 aromatic heterocycles. The summed E-state index contributed by atoms with van der Waals surface area (Å²) in [4.78, 5) is 3.94. The fourth-order valence-corrected chi connectivity index (χ4v) is 3.38. The van der Waals surface area contributed by atoms with Crippen LogP contribution in [-0.2, 0) is 6.54 Å². The van der Waals surface area contributed by atoms with E-state index in [0.29, 0.717) is 32.7 Å². The zero-order chi connectivity index (χ0) is 20.1. The van der Waals surface area contributed by atoms with Gasteiger partial charge in [0.1, 0.15) is 17.3 Å². The Morgan fingerprint density at radius 2 is 1.82 bits per heavy atom. The minimum Gasteiger partial charge on any atom is -0.375 e. The Morgan fingerprint density at radius 3 is 2.43 bits per heavy atom. The molecule has 28 heavy (non-hydrogen) atoms. The van der Waals surface area contributed by atoms with Crippen molar-refractivity contribution in [2.24, 2.45) is 10.8 Å². The zero-order valence-electron chi connectivity index (χ0n) is 15.0. The molecule has 1 aliphatic heterocycles. The first-order valence-corrected chi connectivity index (χ1v) is 9.51. The van der Waals surface area contributed by atoms with Crippen LogP contribution in [0.15, 0.2) is 41.5 Å². The van der Waals surface area contributed by atoms with Crippen LogP contribution in [-0.4, -0.2) is 42.4 Å². The molecular formula is C19H20ClF2N5S. The summed E-state index contributed by atoms with van der Waals surface area (Å²) in [7, 11) is 0. The number of thiocarbonyl (C=S) groups is 1. The number of nitrogens with one attached hydrogen (secondary N) is 1. The minimum absolute atomic E-state index is 0.0168. The lowest BCUT2D eigenvalue weighted by atomic mass is 10.1. The molecule has 2 aromatic rings. The Labute approximate surface area is 172 Å². The molecule has 1 heterocycles. The topological polar surface area (TPSA) is 56.9 Å². The number of anilines is 1. The second-order valence-electron chi connectivity index (χ2n) is 6.42. The van der Waals surface area contributed by atoms with Crippen LogP contribution >= 0.6 is 23.8 Å². The molecule has 0 radical (unpaired) electrons. The lowest BCUT2D eigenvalue weighted by Gasteiger charge is -2.36. The van der Waals surface area contributed by atoms with Gasteiger partial charge in [-0.25, -0.2) is 8.78 Å². The van der Waals surface area contributed by atoms with Gasteiger partial charge in [-0.1, -0.05) is 29.8 Å². The summed E-state index contributed by atoms with van der Waals surface area (Å²) in [6.45, 7) is 3.13. The average molecular weight is 424 g/mol. The van der Waals surface area contributed by atoms with Crippen molar-refractivity contribution >= 4 is 40.8 Å². The molecule has 3 N–H and O–H groups in total. The van der Waals surface area contributed by atoms with Crippen molar-refractivity contribution in [2.75, 3.05) is 31.1 Å². The quantitative estimate of drug-likeness (QED) is 0.439. The summed E-state index contributed by atoms with van der Waals surface area (Å²) >= 11 is 10.8. The monoisotopic (exact) mass is 423 g/mol. The number of nitrogens with zero attached hydrogens (tertiary/aromatic N) is 3. The minimum atomic E-state index is -0.628. The standard InChI is InChI=1S/C19H20ClF2N5S/c20-15-4-2-1-3-14(15)12-26-5-7-27(8-6-26)18-16(21)9-13(10-17(18)22)11-24-25-19(23)28/h1-4,9-11H,5-8,12H2,(H3,23,25,28). The number of piperazine rings is 1. The van der Waals surface area contributed by atoms with Crippen molar-refractivity contribution < 1.29 is 8.78 Å². The molecular weight excluding hydrogens is 404 g/mol. The molecule has 5 nitrogen and oxygen atoms in total. The molecule has 148 valence electrons. The molecule has 0 bridgehead atoms. The number of nitrogens with two attached hydrogens (primary N) is 1. The molecule has 0 atom stereocenters. The Bertz CT molecular complexity index is 861. The number of hydrogen-bond donors (Lipinski definition) is 2. The maximum absolute atomic E-state index is 14.5. The lowest BCUT2D eigenvalue weighted by Crippen LogP contribution is -2.46. The highest BCUT2D eigenvalue weighted by Crippen LogP contribution is 2.26. The van der Waals surface area contributed by atoms with E-state index in [0.717, 1.165) is 10.6 Å². The summed E-state index contributed by atoms with van der Waals surface area (Å²) in [5.74, 6) is -1.26. The molecule has 0 amide bonds. The Kier molecular flexibility index (Phi) is 6.77. The highest BCUT2D eigenvalue weighted by Gasteiger charge is 2.23. The van der Waals surface area contributed by atoms with E-state index in [1.54, 1.807) is 4.90 Å². The Hall–Kier alpha value is -2.29. The van der Waals surface area contributed by atoms with Crippen LogP contribution in [0, 0.1) is 11.6 Å². The van der Waals surface area contributed by atoms with Crippen LogP contribution in [0.1, 0.15) is 11.1 Å². The first-order valence-electron chi connectivity index (χ1n) is 8.72. The lowest BCUT2D eigenvalue weighted by molar-refractivity contribution is 0.248. The van der Waals surface area contributed by atoms with Crippen LogP contribution in [0.2, 0.25) is 5.02 Å². The highest BCUT2D eigenvalue weighted by atomic mass is 35.5. The Morgan fingerprint density at radius 1 is 1.18 bits per heavy atom. The van der Waals surface area contributed by atoms with E-state index in [-0.39, 0.29) is 16.4 Å². The first kappa shape index (κ1) is 20.4. The molecule has 3 rings (SSSR count). The molecule has 1 aliphatic rings. The second-order valence-corrected chi connectivity index (χ2v) is 7.27. The predicted octanol–water partition coefficient (Wildman–Crippen LogP) is 3.11. The molecule has 9 heteroatoms. The van der Waals surface area contributed by atoms with Crippen LogP contribution in [0.4, 0.5) is 14.5 Å². The maximum Gasteiger partial charge on any atom is 0.184 e. The van der Waals surface area contributed by atoms with Gasteiger partial charge in [-0.15, -0.1) is 0 Å². The van der Waals surface area contributed by atoms with Crippen molar-refractivity contribution in [1.29, 1.82) is 0 Å². The van der Waals surface area contributed by atoms with Gasteiger partial charge in [0.2, 0.25) is 0 Å². The number of hydrogen-bond acceptors (Lipinski definition) is 4. The van der Waals surface area contributed by atoms with Crippen molar-refractivity contribution in [1.82, 2.24) is 10.3 Å².